The quantitative estimate of drug-likeness (QED) is 0.566. The van der Waals surface area contributed by atoms with Crippen molar-refractivity contribution < 1.29 is 13.9 Å². The second-order valence-electron chi connectivity index (χ2n) is 2.59. The molecule has 0 bridgehead atoms. The molecule has 0 heterocycles. The molecule has 1 aromatic carbocycles. The summed E-state index contributed by atoms with van der Waals surface area (Å²) in [5.41, 5.74) is 5.55. The van der Waals surface area contributed by atoms with Crippen molar-refractivity contribution in [2.24, 2.45) is 0 Å². The van der Waals surface area contributed by atoms with Gasteiger partial charge in [0.05, 0.1) is 5.69 Å². The summed E-state index contributed by atoms with van der Waals surface area (Å²) < 4.78 is 17.5. The number of Topliss-reactive ketones (excluding diaryl/α,β-unsaturated/α-hetero) is 1. The van der Waals surface area contributed by atoms with Crippen LogP contribution in [0.1, 0.15) is 10.4 Å². The Bertz CT molecular complexity index is 325. The minimum Gasteiger partial charge on any atom is -0.396 e. The maximum Gasteiger partial charge on any atom is 0.188 e. The smallest absolute Gasteiger partial charge is 0.188 e. The molecule has 0 amide bonds. The first kappa shape index (κ1) is 9.67. The van der Waals surface area contributed by atoms with E-state index in [1.165, 1.54) is 19.2 Å². The number of ketones is 1. The van der Waals surface area contributed by atoms with E-state index < -0.39 is 5.82 Å². The van der Waals surface area contributed by atoms with E-state index in [0.29, 0.717) is 0 Å². The van der Waals surface area contributed by atoms with E-state index in [9.17, 15) is 9.18 Å². The summed E-state index contributed by atoms with van der Waals surface area (Å²) in [6.07, 6.45) is 0. The third-order valence-corrected chi connectivity index (χ3v) is 1.60. The predicted molar refractivity (Wildman–Crippen MR) is 47.0 cm³/mol. The minimum atomic E-state index is -0.582. The van der Waals surface area contributed by atoms with Gasteiger partial charge in [0.15, 0.2) is 5.78 Å². The zero-order chi connectivity index (χ0) is 9.84. The number of nitrogen functional groups attached to an aromatic ring is 1. The molecule has 0 spiro atoms. The van der Waals surface area contributed by atoms with Gasteiger partial charge in [-0.1, -0.05) is 0 Å². The number of hydrogen-bond acceptors (Lipinski definition) is 3. The standard InChI is InChI=1S/C9H10FNO2/c1-13-5-9(12)6-2-3-8(11)7(10)4-6/h2-4H,5,11H2,1H3. The normalized spacial score (nSPS) is 10.0. The van der Waals surface area contributed by atoms with E-state index in [0.717, 1.165) is 6.07 Å². The van der Waals surface area contributed by atoms with Gasteiger partial charge in [0.25, 0.3) is 0 Å². The first-order chi connectivity index (χ1) is 6.15. The van der Waals surface area contributed by atoms with Gasteiger partial charge >= 0.3 is 0 Å². The zero-order valence-corrected chi connectivity index (χ0v) is 7.21. The topological polar surface area (TPSA) is 52.3 Å². The van der Waals surface area contributed by atoms with Crippen LogP contribution in [0.3, 0.4) is 0 Å². The summed E-state index contributed by atoms with van der Waals surface area (Å²) in [5, 5.41) is 0. The molecule has 0 aromatic heterocycles. The van der Waals surface area contributed by atoms with Crippen molar-refractivity contribution in [2.45, 2.75) is 0 Å². The Labute approximate surface area is 75.3 Å². The average molecular weight is 183 g/mol. The summed E-state index contributed by atoms with van der Waals surface area (Å²) >= 11 is 0. The van der Waals surface area contributed by atoms with Crippen LogP contribution in [0, 0.1) is 5.82 Å². The first-order valence-electron chi connectivity index (χ1n) is 3.72. The van der Waals surface area contributed by atoms with E-state index in [-0.39, 0.29) is 23.6 Å². The van der Waals surface area contributed by atoms with Crippen molar-refractivity contribution >= 4 is 11.5 Å². The molecule has 0 saturated carbocycles. The second-order valence-corrected chi connectivity index (χ2v) is 2.59. The Balaban J connectivity index is 2.90. The van der Waals surface area contributed by atoms with Gasteiger partial charge in [-0.15, -0.1) is 0 Å². The Morgan fingerprint density at radius 2 is 2.31 bits per heavy atom. The van der Waals surface area contributed by atoms with Gasteiger partial charge in [0, 0.05) is 12.7 Å². The number of carbonyl (C=O) groups is 1. The summed E-state index contributed by atoms with van der Waals surface area (Å²) in [6, 6.07) is 3.94. The minimum absolute atomic E-state index is 0.0361. The molecule has 2 N–H and O–H groups in total. The van der Waals surface area contributed by atoms with Crippen molar-refractivity contribution in [2.75, 3.05) is 19.5 Å². The number of halogens is 1. The maximum atomic E-state index is 12.9. The number of methoxy groups -OCH3 is 1. The van der Waals surface area contributed by atoms with E-state index >= 15 is 0 Å². The van der Waals surface area contributed by atoms with E-state index in [1.807, 2.05) is 0 Å². The van der Waals surface area contributed by atoms with E-state index in [2.05, 4.69) is 4.74 Å². The van der Waals surface area contributed by atoms with Crippen LogP contribution in [0.4, 0.5) is 10.1 Å². The van der Waals surface area contributed by atoms with Gasteiger partial charge in [-0.2, -0.15) is 0 Å². The molecule has 0 aliphatic heterocycles. The molecule has 0 fully saturated rings. The van der Waals surface area contributed by atoms with Crippen molar-refractivity contribution in [1.82, 2.24) is 0 Å². The van der Waals surface area contributed by atoms with Gasteiger partial charge in [0.2, 0.25) is 0 Å². The van der Waals surface area contributed by atoms with Crippen LogP contribution < -0.4 is 5.73 Å². The molecule has 0 atom stereocenters. The van der Waals surface area contributed by atoms with Gasteiger partial charge in [-0.05, 0) is 18.2 Å². The van der Waals surface area contributed by atoms with Crippen LogP contribution in [-0.2, 0) is 4.74 Å². The highest BCUT2D eigenvalue weighted by Crippen LogP contribution is 2.12. The molecule has 0 unspecified atom stereocenters. The van der Waals surface area contributed by atoms with Crippen LogP contribution in [0.25, 0.3) is 0 Å². The second kappa shape index (κ2) is 4.00. The molecule has 70 valence electrons. The molecule has 1 aromatic rings. The fourth-order valence-electron chi connectivity index (χ4n) is 0.915. The Morgan fingerprint density at radius 3 is 2.85 bits per heavy atom. The Hall–Kier alpha value is -1.42. The molecular formula is C9H10FNO2. The molecular weight excluding hydrogens is 173 g/mol. The van der Waals surface area contributed by atoms with Crippen LogP contribution in [0.15, 0.2) is 18.2 Å². The lowest BCUT2D eigenvalue weighted by molar-refractivity contribution is 0.0847. The molecule has 0 aliphatic carbocycles. The van der Waals surface area contributed by atoms with Crippen LogP contribution >= 0.6 is 0 Å². The molecule has 0 aliphatic rings. The largest absolute Gasteiger partial charge is 0.396 e. The highest BCUT2D eigenvalue weighted by molar-refractivity contribution is 5.97. The van der Waals surface area contributed by atoms with Crippen molar-refractivity contribution in [3.63, 3.8) is 0 Å². The SMILES string of the molecule is COCC(=O)c1ccc(N)c(F)c1. The fraction of sp³-hybridized carbons (Fsp3) is 0.222. The highest BCUT2D eigenvalue weighted by atomic mass is 19.1. The third-order valence-electron chi connectivity index (χ3n) is 1.60. The van der Waals surface area contributed by atoms with Gasteiger partial charge in [0.1, 0.15) is 12.4 Å². The fourth-order valence-corrected chi connectivity index (χ4v) is 0.915. The third kappa shape index (κ3) is 2.26. The lowest BCUT2D eigenvalue weighted by Gasteiger charge is -2.01. The van der Waals surface area contributed by atoms with E-state index in [1.54, 1.807) is 0 Å². The maximum absolute atomic E-state index is 12.9. The van der Waals surface area contributed by atoms with Crippen molar-refractivity contribution in [1.29, 1.82) is 0 Å². The van der Waals surface area contributed by atoms with E-state index in [4.69, 9.17) is 5.73 Å². The number of carbonyl (C=O) groups excluding carboxylic acids is 1. The molecule has 0 radical (unpaired) electrons. The molecule has 3 nitrogen and oxygen atoms in total. The number of anilines is 1. The summed E-state index contributed by atoms with van der Waals surface area (Å²) in [5.74, 6) is -0.844. The average Bonchev–Trinajstić information content (AvgIpc) is 2.10. The van der Waals surface area contributed by atoms with Gasteiger partial charge < -0.3 is 10.5 Å². The number of nitrogens with two attached hydrogens (primary N) is 1. The van der Waals surface area contributed by atoms with Crippen molar-refractivity contribution in [3.8, 4) is 0 Å². The molecule has 13 heavy (non-hydrogen) atoms. The van der Waals surface area contributed by atoms with Gasteiger partial charge in [-0.25, -0.2) is 4.39 Å². The number of hydrogen-bond donors (Lipinski definition) is 1. The monoisotopic (exact) mass is 183 g/mol. The number of rotatable bonds is 3. The lowest BCUT2D eigenvalue weighted by Crippen LogP contribution is -2.07. The summed E-state index contributed by atoms with van der Waals surface area (Å²) in [4.78, 5) is 11.2. The molecule has 4 heteroatoms. The summed E-state index contributed by atoms with van der Waals surface area (Å²) in [7, 11) is 1.41. The van der Waals surface area contributed by atoms with Crippen LogP contribution in [0.2, 0.25) is 0 Å². The van der Waals surface area contributed by atoms with Crippen molar-refractivity contribution in [3.05, 3.63) is 29.6 Å². The zero-order valence-electron chi connectivity index (χ0n) is 7.21. The highest BCUT2D eigenvalue weighted by Gasteiger charge is 2.07. The Kier molecular flexibility index (Phi) is 2.97. The van der Waals surface area contributed by atoms with Crippen LogP contribution in [0.5, 0.6) is 0 Å². The predicted octanol–water partition coefficient (Wildman–Crippen LogP) is 1.24. The number of benzene rings is 1. The van der Waals surface area contributed by atoms with Crippen LogP contribution in [-0.4, -0.2) is 19.5 Å². The van der Waals surface area contributed by atoms with Gasteiger partial charge in [-0.3, -0.25) is 4.79 Å². The number of ether oxygens (including phenoxy) is 1. The molecule has 1 rings (SSSR count). The first-order valence-corrected chi connectivity index (χ1v) is 3.72. The lowest BCUT2D eigenvalue weighted by atomic mass is 10.1. The Morgan fingerprint density at radius 1 is 1.62 bits per heavy atom. The molecule has 0 saturated heterocycles. The summed E-state index contributed by atoms with van der Waals surface area (Å²) in [6.45, 7) is -0.0522.